The van der Waals surface area contributed by atoms with Crippen molar-refractivity contribution in [3.63, 3.8) is 0 Å². The van der Waals surface area contributed by atoms with Gasteiger partial charge in [-0.1, -0.05) is 18.2 Å². The van der Waals surface area contributed by atoms with Gasteiger partial charge in [-0.05, 0) is 36.6 Å². The summed E-state index contributed by atoms with van der Waals surface area (Å²) in [5.74, 6) is -0.269. The van der Waals surface area contributed by atoms with Gasteiger partial charge in [0, 0.05) is 19.6 Å². The molecule has 1 fully saturated rings. The SMILES string of the molecule is CN(c1ccc(C(=O)NCCc2ccccc2F)nc1)C1CCS(=O)(=O)C1. The van der Waals surface area contributed by atoms with Crippen LogP contribution in [0, 0.1) is 5.82 Å². The van der Waals surface area contributed by atoms with Crippen LogP contribution in [0.25, 0.3) is 0 Å². The topological polar surface area (TPSA) is 79.4 Å². The molecule has 2 heterocycles. The van der Waals surface area contributed by atoms with E-state index < -0.39 is 9.84 Å². The fraction of sp³-hybridized carbons (Fsp3) is 0.368. The first-order chi connectivity index (χ1) is 12.9. The first-order valence-corrected chi connectivity index (χ1v) is 10.6. The Bertz CT molecular complexity index is 916. The zero-order valence-corrected chi connectivity index (χ0v) is 15.9. The Morgan fingerprint density at radius 1 is 1.30 bits per heavy atom. The highest BCUT2D eigenvalue weighted by atomic mass is 32.2. The van der Waals surface area contributed by atoms with E-state index in [0.717, 1.165) is 5.69 Å². The molecule has 0 saturated carbocycles. The van der Waals surface area contributed by atoms with Crippen molar-refractivity contribution in [2.45, 2.75) is 18.9 Å². The maximum Gasteiger partial charge on any atom is 0.269 e. The second-order valence-corrected chi connectivity index (χ2v) is 8.90. The number of halogens is 1. The maximum absolute atomic E-state index is 13.6. The number of benzene rings is 1. The van der Waals surface area contributed by atoms with Crippen molar-refractivity contribution in [1.29, 1.82) is 0 Å². The largest absolute Gasteiger partial charge is 0.369 e. The Morgan fingerprint density at radius 2 is 2.07 bits per heavy atom. The van der Waals surface area contributed by atoms with E-state index in [1.807, 2.05) is 11.9 Å². The fourth-order valence-electron chi connectivity index (χ4n) is 3.12. The Labute approximate surface area is 158 Å². The van der Waals surface area contributed by atoms with Crippen molar-refractivity contribution in [1.82, 2.24) is 10.3 Å². The number of amides is 1. The molecule has 27 heavy (non-hydrogen) atoms. The van der Waals surface area contributed by atoms with Crippen LogP contribution in [0.3, 0.4) is 0 Å². The van der Waals surface area contributed by atoms with E-state index in [1.165, 1.54) is 6.07 Å². The van der Waals surface area contributed by atoms with Crippen molar-refractivity contribution in [2.24, 2.45) is 0 Å². The molecule has 1 unspecified atom stereocenters. The lowest BCUT2D eigenvalue weighted by Gasteiger charge is -2.25. The zero-order chi connectivity index (χ0) is 19.4. The van der Waals surface area contributed by atoms with Gasteiger partial charge in [-0.25, -0.2) is 17.8 Å². The van der Waals surface area contributed by atoms with Gasteiger partial charge >= 0.3 is 0 Å². The molecule has 3 rings (SSSR count). The van der Waals surface area contributed by atoms with Gasteiger partial charge in [0.25, 0.3) is 5.91 Å². The summed E-state index contributed by atoms with van der Waals surface area (Å²) in [5, 5.41) is 2.73. The zero-order valence-electron chi connectivity index (χ0n) is 15.1. The lowest BCUT2D eigenvalue weighted by atomic mass is 10.1. The molecule has 6 nitrogen and oxygen atoms in total. The van der Waals surface area contributed by atoms with Crippen LogP contribution in [0.15, 0.2) is 42.6 Å². The summed E-state index contributed by atoms with van der Waals surface area (Å²) < 4.78 is 36.8. The second-order valence-electron chi connectivity index (χ2n) is 6.67. The molecule has 1 atom stereocenters. The van der Waals surface area contributed by atoms with Gasteiger partial charge in [0.1, 0.15) is 11.5 Å². The Balaban J connectivity index is 1.55. The Morgan fingerprint density at radius 3 is 2.70 bits per heavy atom. The van der Waals surface area contributed by atoms with Crippen LogP contribution in [0.1, 0.15) is 22.5 Å². The predicted octanol–water partition coefficient (Wildman–Crippen LogP) is 1.82. The van der Waals surface area contributed by atoms with Crippen LogP contribution in [0.2, 0.25) is 0 Å². The number of rotatable bonds is 6. The summed E-state index contributed by atoms with van der Waals surface area (Å²) in [5.41, 5.74) is 1.58. The first kappa shape index (κ1) is 19.3. The van der Waals surface area contributed by atoms with E-state index in [4.69, 9.17) is 0 Å². The lowest BCUT2D eigenvalue weighted by molar-refractivity contribution is 0.0949. The molecule has 1 saturated heterocycles. The highest BCUT2D eigenvalue weighted by molar-refractivity contribution is 7.91. The highest BCUT2D eigenvalue weighted by Gasteiger charge is 2.30. The molecule has 0 bridgehead atoms. The standard InChI is InChI=1S/C19H22FN3O3S/c1-23(16-9-11-27(25,26)13-16)15-6-7-18(22-12-15)19(24)21-10-8-14-4-2-3-5-17(14)20/h2-7,12,16H,8-11,13H2,1H3,(H,21,24). The summed E-state index contributed by atoms with van der Waals surface area (Å²) in [6, 6.07) is 9.75. The smallest absolute Gasteiger partial charge is 0.269 e. The normalized spacial score (nSPS) is 18.2. The van der Waals surface area contributed by atoms with Crippen molar-refractivity contribution in [3.05, 3.63) is 59.7 Å². The number of carbonyl (C=O) groups is 1. The quantitative estimate of drug-likeness (QED) is 0.813. The number of sulfone groups is 1. The minimum Gasteiger partial charge on any atom is -0.369 e. The van der Waals surface area contributed by atoms with Crippen LogP contribution in [0.5, 0.6) is 0 Å². The molecule has 0 aliphatic carbocycles. The third kappa shape index (κ3) is 4.82. The molecule has 8 heteroatoms. The third-order valence-electron chi connectivity index (χ3n) is 4.78. The van der Waals surface area contributed by atoms with Gasteiger partial charge in [-0.2, -0.15) is 0 Å². The van der Waals surface area contributed by atoms with Crippen molar-refractivity contribution < 1.29 is 17.6 Å². The van der Waals surface area contributed by atoms with E-state index >= 15 is 0 Å². The summed E-state index contributed by atoms with van der Waals surface area (Å²) in [7, 11) is -1.13. The van der Waals surface area contributed by atoms with Gasteiger partial charge < -0.3 is 10.2 Å². The molecular formula is C19H22FN3O3S. The molecule has 0 radical (unpaired) electrons. The summed E-state index contributed by atoms with van der Waals surface area (Å²) in [6.45, 7) is 0.309. The molecule has 144 valence electrons. The average Bonchev–Trinajstić information content (AvgIpc) is 3.02. The highest BCUT2D eigenvalue weighted by Crippen LogP contribution is 2.22. The number of aromatic nitrogens is 1. The number of nitrogens with one attached hydrogen (secondary N) is 1. The number of hydrogen-bond acceptors (Lipinski definition) is 5. The minimum absolute atomic E-state index is 0.0720. The Kier molecular flexibility index (Phi) is 5.74. The van der Waals surface area contributed by atoms with Gasteiger partial charge in [-0.3, -0.25) is 4.79 Å². The first-order valence-electron chi connectivity index (χ1n) is 8.76. The van der Waals surface area contributed by atoms with E-state index in [0.29, 0.717) is 24.9 Å². The molecule has 1 N–H and O–H groups in total. The van der Waals surface area contributed by atoms with Crippen LogP contribution in [-0.4, -0.2) is 50.4 Å². The Hall–Kier alpha value is -2.48. The van der Waals surface area contributed by atoms with E-state index in [9.17, 15) is 17.6 Å². The van der Waals surface area contributed by atoms with E-state index in [1.54, 1.807) is 36.5 Å². The molecule has 2 aromatic rings. The molecule has 1 amide bonds. The van der Waals surface area contributed by atoms with Crippen LogP contribution in [-0.2, 0) is 16.3 Å². The fourth-order valence-corrected chi connectivity index (χ4v) is 4.90. The molecule has 1 aliphatic rings. The number of nitrogens with zero attached hydrogens (tertiary/aromatic N) is 2. The van der Waals surface area contributed by atoms with Crippen molar-refractivity contribution in [3.8, 4) is 0 Å². The average molecular weight is 391 g/mol. The monoisotopic (exact) mass is 391 g/mol. The predicted molar refractivity (Wildman–Crippen MR) is 102 cm³/mol. The molecule has 1 aliphatic heterocycles. The maximum atomic E-state index is 13.6. The van der Waals surface area contributed by atoms with Crippen LogP contribution < -0.4 is 10.2 Å². The van der Waals surface area contributed by atoms with E-state index in [-0.39, 0.29) is 35.0 Å². The molecule has 1 aromatic heterocycles. The third-order valence-corrected chi connectivity index (χ3v) is 6.53. The summed E-state index contributed by atoms with van der Waals surface area (Å²) in [4.78, 5) is 18.2. The molecular weight excluding hydrogens is 369 g/mol. The van der Waals surface area contributed by atoms with Crippen molar-refractivity contribution in [2.75, 3.05) is 30.0 Å². The van der Waals surface area contributed by atoms with Gasteiger partial charge in [0.2, 0.25) is 0 Å². The van der Waals surface area contributed by atoms with Crippen molar-refractivity contribution >= 4 is 21.4 Å². The molecule has 1 aromatic carbocycles. The van der Waals surface area contributed by atoms with Crippen LogP contribution in [0.4, 0.5) is 10.1 Å². The minimum atomic E-state index is -2.96. The van der Waals surface area contributed by atoms with Gasteiger partial charge in [-0.15, -0.1) is 0 Å². The summed E-state index contributed by atoms with van der Waals surface area (Å²) >= 11 is 0. The number of hydrogen-bond donors (Lipinski definition) is 1. The molecule has 0 spiro atoms. The summed E-state index contributed by atoms with van der Waals surface area (Å²) in [6.07, 6.45) is 2.56. The van der Waals surface area contributed by atoms with Crippen LogP contribution >= 0.6 is 0 Å². The van der Waals surface area contributed by atoms with E-state index in [2.05, 4.69) is 10.3 Å². The number of carbonyl (C=O) groups excluding carboxylic acids is 1. The van der Waals surface area contributed by atoms with Gasteiger partial charge in [0.05, 0.1) is 23.4 Å². The number of pyridine rings is 1. The van der Waals surface area contributed by atoms with Gasteiger partial charge in [0.15, 0.2) is 9.84 Å². The second kappa shape index (κ2) is 8.04. The number of anilines is 1. The lowest BCUT2D eigenvalue weighted by Crippen LogP contribution is -2.32.